The highest BCUT2D eigenvalue weighted by molar-refractivity contribution is 5.94. The Morgan fingerprint density at radius 3 is 2.84 bits per heavy atom. The fraction of sp³-hybridized carbons (Fsp3) is 0.0714. The highest BCUT2D eigenvalue weighted by Crippen LogP contribution is 2.28. The number of hydrogen-bond donors (Lipinski definition) is 1. The molecule has 2 N–H and O–H groups in total. The van der Waals surface area contributed by atoms with Crippen LogP contribution in [0.15, 0.2) is 36.5 Å². The van der Waals surface area contributed by atoms with Crippen LogP contribution in [0.3, 0.4) is 0 Å². The maximum absolute atomic E-state index is 8.95. The molecule has 5 nitrogen and oxygen atoms in total. The third-order valence-corrected chi connectivity index (χ3v) is 3.00. The summed E-state index contributed by atoms with van der Waals surface area (Å²) >= 11 is 0. The van der Waals surface area contributed by atoms with E-state index in [2.05, 4.69) is 9.97 Å². The van der Waals surface area contributed by atoms with Gasteiger partial charge in [0, 0.05) is 35.8 Å². The Kier molecular flexibility index (Phi) is 2.43. The van der Waals surface area contributed by atoms with E-state index in [1.165, 1.54) is 6.07 Å². The van der Waals surface area contributed by atoms with E-state index in [4.69, 9.17) is 11.0 Å². The molecule has 0 radical (unpaired) electrons. The van der Waals surface area contributed by atoms with Crippen molar-refractivity contribution in [3.05, 3.63) is 42.2 Å². The topological polar surface area (TPSA) is 80.5 Å². The molecule has 92 valence electrons. The maximum Gasteiger partial charge on any atom is 0.165 e. The summed E-state index contributed by atoms with van der Waals surface area (Å²) in [6, 6.07) is 11.4. The molecule has 0 fully saturated rings. The van der Waals surface area contributed by atoms with Gasteiger partial charge in [-0.15, -0.1) is 0 Å². The summed E-state index contributed by atoms with van der Waals surface area (Å²) in [7, 11) is 1.96. The highest BCUT2D eigenvalue weighted by atomic mass is 15.0. The highest BCUT2D eigenvalue weighted by Gasteiger charge is 2.12. The molecule has 3 rings (SSSR count). The van der Waals surface area contributed by atoms with Crippen molar-refractivity contribution in [1.29, 1.82) is 5.26 Å². The minimum absolute atomic E-state index is 0.274. The fourth-order valence-corrected chi connectivity index (χ4v) is 2.16. The van der Waals surface area contributed by atoms with Gasteiger partial charge < -0.3 is 10.3 Å². The van der Waals surface area contributed by atoms with Crippen molar-refractivity contribution in [3.63, 3.8) is 0 Å². The van der Waals surface area contributed by atoms with E-state index in [0.717, 1.165) is 16.5 Å². The van der Waals surface area contributed by atoms with Gasteiger partial charge in [-0.05, 0) is 6.07 Å². The van der Waals surface area contributed by atoms with Crippen LogP contribution < -0.4 is 5.73 Å². The quantitative estimate of drug-likeness (QED) is 0.716. The van der Waals surface area contributed by atoms with Crippen molar-refractivity contribution in [3.8, 4) is 17.5 Å². The van der Waals surface area contributed by atoms with E-state index in [0.29, 0.717) is 11.6 Å². The Morgan fingerprint density at radius 1 is 1.26 bits per heavy atom. The second-order valence-electron chi connectivity index (χ2n) is 4.28. The van der Waals surface area contributed by atoms with Gasteiger partial charge in [-0.25, -0.2) is 9.97 Å². The van der Waals surface area contributed by atoms with Crippen LogP contribution in [0.1, 0.15) is 5.69 Å². The van der Waals surface area contributed by atoms with E-state index < -0.39 is 0 Å². The smallest absolute Gasteiger partial charge is 0.165 e. The number of hydrogen-bond acceptors (Lipinski definition) is 4. The second kappa shape index (κ2) is 4.10. The number of aryl methyl sites for hydroxylation is 1. The van der Waals surface area contributed by atoms with Crippen molar-refractivity contribution in [1.82, 2.24) is 14.5 Å². The van der Waals surface area contributed by atoms with E-state index in [1.807, 2.05) is 48.1 Å². The van der Waals surface area contributed by atoms with Crippen molar-refractivity contribution < 1.29 is 0 Å². The van der Waals surface area contributed by atoms with Crippen LogP contribution in [0.5, 0.6) is 0 Å². The van der Waals surface area contributed by atoms with Gasteiger partial charge in [0.2, 0.25) is 0 Å². The number of benzene rings is 1. The number of nitriles is 1. The number of fused-ring (bicyclic) bond motifs is 1. The number of nitrogens with two attached hydrogens (primary N) is 1. The first-order valence-electron chi connectivity index (χ1n) is 5.78. The zero-order valence-electron chi connectivity index (χ0n) is 10.3. The minimum Gasteiger partial charge on any atom is -0.384 e. The molecule has 0 unspecified atom stereocenters. The van der Waals surface area contributed by atoms with Gasteiger partial charge in [-0.2, -0.15) is 5.26 Å². The van der Waals surface area contributed by atoms with Crippen LogP contribution in [0, 0.1) is 11.3 Å². The predicted octanol–water partition coefficient (Wildman–Crippen LogP) is 2.09. The normalized spacial score (nSPS) is 10.5. The lowest BCUT2D eigenvalue weighted by Gasteiger charge is -2.00. The summed E-state index contributed by atoms with van der Waals surface area (Å²) in [5, 5.41) is 9.99. The SMILES string of the molecule is Cn1cc(-c2nc(N)cc(C#N)n2)c2ccccc21. The molecular formula is C14H11N5. The second-order valence-corrected chi connectivity index (χ2v) is 4.28. The van der Waals surface area contributed by atoms with Crippen LogP contribution in [-0.4, -0.2) is 14.5 Å². The number of para-hydroxylation sites is 1. The van der Waals surface area contributed by atoms with Gasteiger partial charge in [-0.1, -0.05) is 18.2 Å². The minimum atomic E-state index is 0.274. The average molecular weight is 249 g/mol. The maximum atomic E-state index is 8.95. The molecule has 5 heteroatoms. The molecular weight excluding hydrogens is 238 g/mol. The van der Waals surface area contributed by atoms with Crippen molar-refractivity contribution in [2.24, 2.45) is 7.05 Å². The third-order valence-electron chi connectivity index (χ3n) is 3.00. The molecule has 0 atom stereocenters. The van der Waals surface area contributed by atoms with E-state index in [9.17, 15) is 0 Å². The fourth-order valence-electron chi connectivity index (χ4n) is 2.16. The Bertz CT molecular complexity index is 810. The summed E-state index contributed by atoms with van der Waals surface area (Å²) in [5.74, 6) is 0.780. The number of aromatic nitrogens is 3. The number of anilines is 1. The Balaban J connectivity index is 2.31. The summed E-state index contributed by atoms with van der Waals surface area (Å²) in [4.78, 5) is 8.44. The molecule has 0 aliphatic rings. The molecule has 19 heavy (non-hydrogen) atoms. The van der Waals surface area contributed by atoms with Crippen molar-refractivity contribution in [2.75, 3.05) is 5.73 Å². The van der Waals surface area contributed by atoms with Gasteiger partial charge >= 0.3 is 0 Å². The Hall–Kier alpha value is -2.87. The molecule has 0 spiro atoms. The number of nitrogens with zero attached hydrogens (tertiary/aromatic N) is 4. The lowest BCUT2D eigenvalue weighted by Crippen LogP contribution is -1.97. The van der Waals surface area contributed by atoms with Crippen LogP contribution >= 0.6 is 0 Å². The lowest BCUT2D eigenvalue weighted by molar-refractivity contribution is 0.968. The van der Waals surface area contributed by atoms with Crippen molar-refractivity contribution >= 4 is 16.7 Å². The van der Waals surface area contributed by atoms with Gasteiger partial charge in [0.15, 0.2) is 5.82 Å². The van der Waals surface area contributed by atoms with Gasteiger partial charge in [0.05, 0.1) is 0 Å². The third kappa shape index (κ3) is 1.79. The average Bonchev–Trinajstić information content (AvgIpc) is 2.76. The summed E-state index contributed by atoms with van der Waals surface area (Å²) in [6.45, 7) is 0. The van der Waals surface area contributed by atoms with Crippen LogP contribution in [0.2, 0.25) is 0 Å². The van der Waals surface area contributed by atoms with Crippen LogP contribution in [0.4, 0.5) is 5.82 Å². The Labute approximate surface area is 109 Å². The van der Waals surface area contributed by atoms with E-state index in [-0.39, 0.29) is 5.69 Å². The first-order valence-corrected chi connectivity index (χ1v) is 5.78. The molecule has 0 aliphatic heterocycles. The first kappa shape index (κ1) is 11.2. The molecule has 0 saturated carbocycles. The molecule has 2 aromatic heterocycles. The van der Waals surface area contributed by atoms with Gasteiger partial charge in [0.1, 0.15) is 17.6 Å². The first-order chi connectivity index (χ1) is 9.19. The van der Waals surface area contributed by atoms with Gasteiger partial charge in [0.25, 0.3) is 0 Å². The largest absolute Gasteiger partial charge is 0.384 e. The lowest BCUT2D eigenvalue weighted by atomic mass is 10.1. The van der Waals surface area contributed by atoms with Gasteiger partial charge in [-0.3, -0.25) is 0 Å². The van der Waals surface area contributed by atoms with Crippen LogP contribution in [0.25, 0.3) is 22.3 Å². The molecule has 0 bridgehead atoms. The molecule has 0 aliphatic carbocycles. The Morgan fingerprint density at radius 2 is 2.05 bits per heavy atom. The number of nitrogen functional groups attached to an aromatic ring is 1. The molecule has 0 saturated heterocycles. The molecule has 1 aromatic carbocycles. The summed E-state index contributed by atoms with van der Waals surface area (Å²) < 4.78 is 2.00. The molecule has 3 aromatic rings. The number of rotatable bonds is 1. The van der Waals surface area contributed by atoms with Crippen molar-refractivity contribution in [2.45, 2.75) is 0 Å². The summed E-state index contributed by atoms with van der Waals surface area (Å²) in [6.07, 6.45) is 1.95. The summed E-state index contributed by atoms with van der Waals surface area (Å²) in [5.41, 5.74) is 7.95. The predicted molar refractivity (Wildman–Crippen MR) is 73.1 cm³/mol. The molecule has 2 heterocycles. The van der Waals surface area contributed by atoms with Crippen LogP contribution in [-0.2, 0) is 7.05 Å². The zero-order chi connectivity index (χ0) is 13.4. The van der Waals surface area contributed by atoms with E-state index in [1.54, 1.807) is 0 Å². The standard InChI is InChI=1S/C14H11N5/c1-19-8-11(10-4-2-3-5-12(10)19)14-17-9(7-15)6-13(16)18-14/h2-6,8H,1H3,(H2,16,17,18). The zero-order valence-corrected chi connectivity index (χ0v) is 10.3. The monoisotopic (exact) mass is 249 g/mol. The molecule has 0 amide bonds. The van der Waals surface area contributed by atoms with E-state index >= 15 is 0 Å².